The highest BCUT2D eigenvalue weighted by Crippen LogP contribution is 2.40. The first-order valence-electron chi connectivity index (χ1n) is 11.5. The third kappa shape index (κ3) is 4.46. The van der Waals surface area contributed by atoms with E-state index in [1.54, 1.807) is 9.80 Å². The summed E-state index contributed by atoms with van der Waals surface area (Å²) in [6.45, 7) is 3.15. The lowest BCUT2D eigenvalue weighted by atomic mass is 9.79. The van der Waals surface area contributed by atoms with Gasteiger partial charge in [-0.3, -0.25) is 9.69 Å². The Morgan fingerprint density at radius 2 is 2.00 bits per heavy atom. The van der Waals surface area contributed by atoms with Crippen molar-refractivity contribution in [1.29, 1.82) is 0 Å². The minimum atomic E-state index is -5.08. The second-order valence-electron chi connectivity index (χ2n) is 7.46. The number of carboxylic acid groups (broad SMARTS) is 1. The molecule has 31 heavy (non-hydrogen) atoms. The number of amides is 1. The molecule has 2 heterocycles. The van der Waals surface area contributed by atoms with Crippen molar-refractivity contribution >= 4 is 28.4 Å². The Kier molecular flexibility index (Phi) is 5.33. The van der Waals surface area contributed by atoms with Gasteiger partial charge in [-0.25, -0.2) is 4.79 Å². The van der Waals surface area contributed by atoms with Gasteiger partial charge in [0.1, 0.15) is 0 Å². The largest absolute Gasteiger partial charge is 0.490 e. The van der Waals surface area contributed by atoms with Crippen molar-refractivity contribution in [3.63, 3.8) is 0 Å². The number of nitrogens with zero attached hydrogens (tertiary/aromatic N) is 2. The number of carbonyl (C=O) groups excluding carboxylic acids is 1. The predicted molar refractivity (Wildman–Crippen MR) is 112 cm³/mol. The van der Waals surface area contributed by atoms with Crippen molar-refractivity contribution in [3.05, 3.63) is 41.6 Å². The molecular weight excluding hydrogens is 411 g/mol. The van der Waals surface area contributed by atoms with Crippen LogP contribution in [0.2, 0.25) is 0 Å². The zero-order chi connectivity index (χ0) is 25.4. The van der Waals surface area contributed by atoms with Gasteiger partial charge in [-0.2, -0.15) is 13.2 Å². The Bertz CT molecular complexity index is 1110. The molecule has 0 unspecified atom stereocenters. The minimum absolute atomic E-state index is 0.00670. The topological polar surface area (TPSA) is 76.6 Å². The molecule has 0 bridgehead atoms. The molecule has 2 aromatic rings. The number of nitrogens with one attached hydrogen (secondary N) is 1. The Morgan fingerprint density at radius 1 is 1.32 bits per heavy atom. The van der Waals surface area contributed by atoms with E-state index in [4.69, 9.17) is 14.0 Å². The molecule has 168 valence electrons. The number of carboxylic acids is 1. The van der Waals surface area contributed by atoms with Crippen LogP contribution in [0.5, 0.6) is 0 Å². The molecule has 1 amide bonds. The molecule has 2 atom stereocenters. The van der Waals surface area contributed by atoms with Gasteiger partial charge in [0.05, 0.1) is 5.92 Å². The van der Waals surface area contributed by atoms with Crippen LogP contribution in [0.15, 0.2) is 30.5 Å². The van der Waals surface area contributed by atoms with Crippen LogP contribution in [0, 0.1) is 5.92 Å². The molecule has 9 heteroatoms. The monoisotopic (exact) mass is 440 g/mol. The van der Waals surface area contributed by atoms with Gasteiger partial charge >= 0.3 is 12.1 Å². The van der Waals surface area contributed by atoms with Crippen molar-refractivity contribution in [2.24, 2.45) is 5.92 Å². The maximum absolute atomic E-state index is 13.0. The van der Waals surface area contributed by atoms with E-state index in [-0.39, 0.29) is 18.5 Å². The van der Waals surface area contributed by atoms with Gasteiger partial charge in [-0.1, -0.05) is 18.2 Å². The number of aromatic amines is 1. The number of benzene rings is 1. The Labute approximate surface area is 182 Å². The summed E-state index contributed by atoms with van der Waals surface area (Å²) < 4.78 is 55.9. The number of hydrogen-bond donors (Lipinski definition) is 2. The van der Waals surface area contributed by atoms with Crippen LogP contribution in [-0.4, -0.2) is 70.6 Å². The first-order chi connectivity index (χ1) is 15.8. The minimum Gasteiger partial charge on any atom is -0.475 e. The van der Waals surface area contributed by atoms with E-state index in [0.29, 0.717) is 19.5 Å². The van der Waals surface area contributed by atoms with Crippen LogP contribution in [0.4, 0.5) is 13.2 Å². The molecule has 0 radical (unpaired) electrons. The third-order valence-electron chi connectivity index (χ3n) is 5.66. The van der Waals surface area contributed by atoms with Crippen LogP contribution in [0.3, 0.4) is 0 Å². The van der Waals surface area contributed by atoms with Crippen LogP contribution in [0.25, 0.3) is 16.5 Å². The number of carbonyl (C=O) groups is 2. The molecule has 1 aliphatic heterocycles. The smallest absolute Gasteiger partial charge is 0.475 e. The third-order valence-corrected chi connectivity index (χ3v) is 5.66. The molecule has 2 N–H and O–H groups in total. The summed E-state index contributed by atoms with van der Waals surface area (Å²) in [5, 5.41) is 8.28. The highest BCUT2D eigenvalue weighted by molar-refractivity contribution is 5.99. The molecule has 0 spiro atoms. The van der Waals surface area contributed by atoms with E-state index in [1.165, 1.54) is 0 Å². The number of aromatic nitrogens is 1. The number of hydrogen-bond acceptors (Lipinski definition) is 3. The summed E-state index contributed by atoms with van der Waals surface area (Å²) >= 11 is 0. The van der Waals surface area contributed by atoms with Crippen LogP contribution < -0.4 is 0 Å². The van der Waals surface area contributed by atoms with Crippen LogP contribution in [0.1, 0.15) is 29.1 Å². The SMILES string of the molecule is O=C(O)C(F)(F)F.[2H]C([2H])([2H])N1C[C@H](C(=O)N(CC)CC)C=C2c3cccc4[nH]cc(c34)C[C@H]21. The maximum atomic E-state index is 13.0. The van der Waals surface area contributed by atoms with Crippen molar-refractivity contribution < 1.29 is 32.0 Å². The molecule has 1 aliphatic carbocycles. The number of likely N-dealkylation sites (N-methyl/N-ethyl adjacent to an activating group) is 1. The van der Waals surface area contributed by atoms with Gasteiger partial charge in [0.15, 0.2) is 0 Å². The standard InChI is InChI=1S/C20H25N3O.C2HF3O2/c1-4-23(5-2)20(24)14-9-16-15-7-6-8-17-19(15)13(11-21-17)10-18(16)22(3)12-14;3-2(4,5)1(6)7/h6-9,11,14,18,21H,4-5,10,12H2,1-3H3;(H,6,7)/t14-,18-;/m1./s1/i3D3;. The van der Waals surface area contributed by atoms with E-state index in [9.17, 15) is 18.0 Å². The summed E-state index contributed by atoms with van der Waals surface area (Å²) in [6, 6.07) is 5.83. The van der Waals surface area contributed by atoms with Gasteiger partial charge in [0, 0.05) is 46.9 Å². The van der Waals surface area contributed by atoms with E-state index in [0.717, 1.165) is 27.6 Å². The molecule has 1 aromatic carbocycles. The van der Waals surface area contributed by atoms with Crippen molar-refractivity contribution in [2.75, 3.05) is 26.6 Å². The number of halogens is 3. The first-order valence-corrected chi connectivity index (χ1v) is 9.96. The lowest BCUT2D eigenvalue weighted by Gasteiger charge is -2.40. The van der Waals surface area contributed by atoms with Gasteiger partial charge in [0.25, 0.3) is 0 Å². The average Bonchev–Trinajstić information content (AvgIpc) is 3.17. The zero-order valence-electron chi connectivity index (χ0n) is 20.2. The number of fused-ring (bicyclic) bond motifs is 2. The van der Waals surface area contributed by atoms with E-state index in [2.05, 4.69) is 4.98 Å². The summed E-state index contributed by atoms with van der Waals surface area (Å²) in [4.78, 5) is 28.5. The molecule has 0 saturated heterocycles. The molecule has 1 aromatic heterocycles. The molecule has 6 nitrogen and oxygen atoms in total. The van der Waals surface area contributed by atoms with E-state index >= 15 is 0 Å². The van der Waals surface area contributed by atoms with Gasteiger partial charge < -0.3 is 15.0 Å². The van der Waals surface area contributed by atoms with Gasteiger partial charge in [-0.15, -0.1) is 0 Å². The van der Waals surface area contributed by atoms with Crippen molar-refractivity contribution in [3.8, 4) is 0 Å². The van der Waals surface area contributed by atoms with Crippen LogP contribution >= 0.6 is 0 Å². The fourth-order valence-corrected chi connectivity index (χ4v) is 4.16. The van der Waals surface area contributed by atoms with Gasteiger partial charge in [0.2, 0.25) is 5.91 Å². The second kappa shape index (κ2) is 8.74. The molecular formula is C22H26F3N3O3. The summed E-state index contributed by atoms with van der Waals surface area (Å²) in [6.07, 6.45) is -0.429. The summed E-state index contributed by atoms with van der Waals surface area (Å²) in [7, 11) is 0. The molecule has 4 rings (SSSR count). The predicted octanol–water partition coefficient (Wildman–Crippen LogP) is 3.54. The van der Waals surface area contributed by atoms with Gasteiger partial charge in [-0.05, 0) is 50.0 Å². The normalized spacial score (nSPS) is 22.2. The fraction of sp³-hybridized carbons (Fsp3) is 0.455. The lowest BCUT2D eigenvalue weighted by Crippen LogP contribution is -2.47. The highest BCUT2D eigenvalue weighted by Gasteiger charge is 2.38. The Hall–Kier alpha value is -2.81. The number of rotatable bonds is 3. The fourth-order valence-electron chi connectivity index (χ4n) is 4.16. The zero-order valence-corrected chi connectivity index (χ0v) is 17.2. The van der Waals surface area contributed by atoms with Crippen molar-refractivity contribution in [2.45, 2.75) is 32.5 Å². The Morgan fingerprint density at radius 3 is 2.58 bits per heavy atom. The molecule has 0 saturated carbocycles. The number of alkyl halides is 3. The Balaban J connectivity index is 0.000000406. The lowest BCUT2D eigenvalue weighted by molar-refractivity contribution is -0.192. The summed E-state index contributed by atoms with van der Waals surface area (Å²) in [5.41, 5.74) is 4.22. The average molecular weight is 440 g/mol. The quantitative estimate of drug-likeness (QED) is 0.766. The number of H-pyrrole nitrogens is 1. The van der Waals surface area contributed by atoms with E-state index < -0.39 is 25.0 Å². The number of aliphatic carboxylic acids is 1. The first kappa shape index (κ1) is 18.9. The van der Waals surface area contributed by atoms with E-state index in [1.807, 2.05) is 44.3 Å². The summed E-state index contributed by atoms with van der Waals surface area (Å²) in [5.74, 6) is -3.19. The second-order valence-corrected chi connectivity index (χ2v) is 7.46. The van der Waals surface area contributed by atoms with Crippen LogP contribution in [-0.2, 0) is 16.0 Å². The maximum Gasteiger partial charge on any atom is 0.490 e. The molecule has 2 aliphatic rings. The molecule has 0 fully saturated rings. The van der Waals surface area contributed by atoms with Crippen molar-refractivity contribution in [1.82, 2.24) is 14.8 Å². The highest BCUT2D eigenvalue weighted by atomic mass is 19.4.